The molecule has 0 unspecified atom stereocenters. The molecule has 1 amide bonds. The highest BCUT2D eigenvalue weighted by molar-refractivity contribution is 5.96. The van der Waals surface area contributed by atoms with Crippen LogP contribution in [0.5, 0.6) is 5.88 Å². The van der Waals surface area contributed by atoms with Crippen molar-refractivity contribution in [2.24, 2.45) is 0 Å². The molecule has 1 aliphatic rings. The van der Waals surface area contributed by atoms with Gasteiger partial charge in [-0.3, -0.25) is 9.78 Å². The van der Waals surface area contributed by atoms with Crippen molar-refractivity contribution in [3.8, 4) is 5.88 Å². The zero-order valence-electron chi connectivity index (χ0n) is 14.0. The van der Waals surface area contributed by atoms with Crippen molar-refractivity contribution in [2.45, 2.75) is 25.4 Å². The summed E-state index contributed by atoms with van der Waals surface area (Å²) in [4.78, 5) is 20.7. The molecule has 3 rings (SSSR count). The van der Waals surface area contributed by atoms with E-state index in [-0.39, 0.29) is 24.4 Å². The molecule has 7 heteroatoms. The molecule has 2 aromatic heterocycles. The molecule has 1 aliphatic heterocycles. The number of carbonyl (C=O) groups is 1. The van der Waals surface area contributed by atoms with Crippen LogP contribution in [0.3, 0.4) is 0 Å². The van der Waals surface area contributed by atoms with Gasteiger partial charge in [0.05, 0.1) is 0 Å². The van der Waals surface area contributed by atoms with E-state index in [1.807, 2.05) is 12.1 Å². The first-order chi connectivity index (χ1) is 11.8. The first-order valence-corrected chi connectivity index (χ1v) is 8.32. The molecular weight excluding hydrogens is 340 g/mol. The second-order valence-corrected chi connectivity index (χ2v) is 5.78. The molecule has 0 atom stereocenters. The number of piperidine rings is 1. The first-order valence-electron chi connectivity index (χ1n) is 8.32. The number of hydrogen-bond donors (Lipinski definition) is 2. The third-order valence-electron chi connectivity index (χ3n) is 4.03. The van der Waals surface area contributed by atoms with Crippen LogP contribution in [0, 0.1) is 0 Å². The number of nitrogens with one attached hydrogen (secondary N) is 2. The molecule has 134 valence electrons. The number of aromatic nitrogens is 2. The van der Waals surface area contributed by atoms with Gasteiger partial charge in [0.1, 0.15) is 11.7 Å². The average Bonchev–Trinajstić information content (AvgIpc) is 2.64. The molecule has 0 spiro atoms. The van der Waals surface area contributed by atoms with Gasteiger partial charge in [0, 0.05) is 25.1 Å². The minimum Gasteiger partial charge on any atom is -0.474 e. The Morgan fingerprint density at radius 3 is 2.72 bits per heavy atom. The molecule has 0 aliphatic carbocycles. The van der Waals surface area contributed by atoms with Crippen LogP contribution in [0.1, 0.15) is 28.8 Å². The Hall–Kier alpha value is -2.18. The largest absolute Gasteiger partial charge is 0.474 e. The predicted octanol–water partition coefficient (Wildman–Crippen LogP) is 2.00. The second kappa shape index (κ2) is 9.96. The van der Waals surface area contributed by atoms with Crippen molar-refractivity contribution in [3.05, 3.63) is 54.0 Å². The van der Waals surface area contributed by atoms with E-state index in [1.165, 1.54) is 0 Å². The van der Waals surface area contributed by atoms with E-state index in [2.05, 4.69) is 20.6 Å². The molecule has 3 heterocycles. The van der Waals surface area contributed by atoms with E-state index < -0.39 is 0 Å². The van der Waals surface area contributed by atoms with Crippen molar-refractivity contribution in [1.82, 2.24) is 20.6 Å². The Labute approximate surface area is 153 Å². The zero-order chi connectivity index (χ0) is 16.6. The molecule has 1 fully saturated rings. The number of pyridine rings is 2. The lowest BCUT2D eigenvalue weighted by Gasteiger charge is -2.24. The molecule has 0 radical (unpaired) electrons. The summed E-state index contributed by atoms with van der Waals surface area (Å²) in [6.07, 6.45) is 7.90. The molecule has 0 saturated carbocycles. The van der Waals surface area contributed by atoms with Crippen LogP contribution in [0.2, 0.25) is 0 Å². The van der Waals surface area contributed by atoms with E-state index in [0.29, 0.717) is 18.0 Å². The van der Waals surface area contributed by atoms with Crippen molar-refractivity contribution >= 4 is 18.3 Å². The zero-order valence-corrected chi connectivity index (χ0v) is 14.8. The van der Waals surface area contributed by atoms with Crippen LogP contribution >= 0.6 is 12.4 Å². The van der Waals surface area contributed by atoms with E-state index in [4.69, 9.17) is 4.74 Å². The summed E-state index contributed by atoms with van der Waals surface area (Å²) in [5, 5.41) is 6.23. The van der Waals surface area contributed by atoms with E-state index in [1.54, 1.807) is 30.7 Å². The van der Waals surface area contributed by atoms with Gasteiger partial charge in [0.25, 0.3) is 5.91 Å². The molecular formula is C18H23ClN4O2. The van der Waals surface area contributed by atoms with Gasteiger partial charge in [-0.1, -0.05) is 0 Å². The van der Waals surface area contributed by atoms with Crippen molar-refractivity contribution in [3.63, 3.8) is 0 Å². The van der Waals surface area contributed by atoms with Crippen LogP contribution in [0.4, 0.5) is 0 Å². The van der Waals surface area contributed by atoms with Crippen LogP contribution in [0.15, 0.2) is 42.9 Å². The fourth-order valence-corrected chi connectivity index (χ4v) is 2.69. The lowest BCUT2D eigenvalue weighted by molar-refractivity contribution is 0.0940. The SMILES string of the molecule is Cl.O=C(NCCc1ccncc1)c1cccnc1OC1CCNCC1. The number of hydrogen-bond acceptors (Lipinski definition) is 5. The topological polar surface area (TPSA) is 76.1 Å². The maximum absolute atomic E-state index is 12.4. The highest BCUT2D eigenvalue weighted by Gasteiger charge is 2.19. The molecule has 0 bridgehead atoms. The third-order valence-corrected chi connectivity index (χ3v) is 4.03. The number of ether oxygens (including phenoxy) is 1. The average molecular weight is 363 g/mol. The van der Waals surface area contributed by atoms with Gasteiger partial charge in [-0.15, -0.1) is 12.4 Å². The minimum absolute atomic E-state index is 0. The van der Waals surface area contributed by atoms with Gasteiger partial charge in [-0.25, -0.2) is 4.98 Å². The molecule has 2 N–H and O–H groups in total. The molecule has 2 aromatic rings. The van der Waals surface area contributed by atoms with Crippen LogP contribution in [0.25, 0.3) is 0 Å². The lowest BCUT2D eigenvalue weighted by atomic mass is 10.1. The fraction of sp³-hybridized carbons (Fsp3) is 0.389. The Bertz CT molecular complexity index is 663. The number of nitrogens with zero attached hydrogens (tertiary/aromatic N) is 2. The van der Waals surface area contributed by atoms with Crippen LogP contribution in [-0.2, 0) is 6.42 Å². The maximum Gasteiger partial charge on any atom is 0.256 e. The Morgan fingerprint density at radius 1 is 1.20 bits per heavy atom. The van der Waals surface area contributed by atoms with Crippen molar-refractivity contribution in [1.29, 1.82) is 0 Å². The predicted molar refractivity (Wildman–Crippen MR) is 98.3 cm³/mol. The van der Waals surface area contributed by atoms with E-state index in [0.717, 1.165) is 37.9 Å². The standard InChI is InChI=1S/C18H22N4O2.ClH/c23-17(21-13-5-14-3-9-19-10-4-14)16-2-1-8-22-18(16)24-15-6-11-20-12-7-15;/h1-4,8-10,15,20H,5-7,11-13H2,(H,21,23);1H. The number of carbonyl (C=O) groups excluding carboxylic acids is 1. The normalized spacial score (nSPS) is 14.4. The summed E-state index contributed by atoms with van der Waals surface area (Å²) in [5.74, 6) is 0.270. The molecule has 0 aromatic carbocycles. The minimum atomic E-state index is -0.152. The van der Waals surface area contributed by atoms with Gasteiger partial charge in [0.2, 0.25) is 5.88 Å². The van der Waals surface area contributed by atoms with Crippen molar-refractivity contribution < 1.29 is 9.53 Å². The van der Waals surface area contributed by atoms with Gasteiger partial charge in [-0.2, -0.15) is 0 Å². The van der Waals surface area contributed by atoms with Crippen molar-refractivity contribution in [2.75, 3.05) is 19.6 Å². The summed E-state index contributed by atoms with van der Waals surface area (Å²) < 4.78 is 5.95. The Balaban J connectivity index is 0.00000225. The van der Waals surface area contributed by atoms with Gasteiger partial charge >= 0.3 is 0 Å². The summed E-state index contributed by atoms with van der Waals surface area (Å²) in [5.41, 5.74) is 1.63. The highest BCUT2D eigenvalue weighted by atomic mass is 35.5. The lowest BCUT2D eigenvalue weighted by Crippen LogP contribution is -2.35. The second-order valence-electron chi connectivity index (χ2n) is 5.78. The summed E-state index contributed by atoms with van der Waals surface area (Å²) >= 11 is 0. The van der Waals surface area contributed by atoms with Gasteiger partial charge < -0.3 is 15.4 Å². The van der Waals surface area contributed by atoms with E-state index >= 15 is 0 Å². The monoisotopic (exact) mass is 362 g/mol. The summed E-state index contributed by atoms with van der Waals surface area (Å²) in [7, 11) is 0. The fourth-order valence-electron chi connectivity index (χ4n) is 2.69. The Morgan fingerprint density at radius 2 is 1.96 bits per heavy atom. The highest BCUT2D eigenvalue weighted by Crippen LogP contribution is 2.19. The molecule has 6 nitrogen and oxygen atoms in total. The summed E-state index contributed by atoms with van der Waals surface area (Å²) in [6, 6.07) is 7.40. The van der Waals surface area contributed by atoms with Gasteiger partial charge in [-0.05, 0) is 62.2 Å². The number of rotatable bonds is 6. The first kappa shape index (κ1) is 19.1. The summed E-state index contributed by atoms with van der Waals surface area (Å²) in [6.45, 7) is 2.43. The third kappa shape index (κ3) is 5.69. The van der Waals surface area contributed by atoms with Crippen LogP contribution in [-0.4, -0.2) is 41.6 Å². The van der Waals surface area contributed by atoms with Gasteiger partial charge in [0.15, 0.2) is 0 Å². The van der Waals surface area contributed by atoms with Crippen LogP contribution < -0.4 is 15.4 Å². The van der Waals surface area contributed by atoms with E-state index in [9.17, 15) is 4.79 Å². The molecule has 25 heavy (non-hydrogen) atoms. The molecule has 1 saturated heterocycles. The number of amides is 1. The maximum atomic E-state index is 12.4. The number of halogens is 1. The smallest absolute Gasteiger partial charge is 0.256 e. The Kier molecular flexibility index (Phi) is 7.63. The quantitative estimate of drug-likeness (QED) is 0.822.